The summed E-state index contributed by atoms with van der Waals surface area (Å²) in [6.07, 6.45) is 2.45. The van der Waals surface area contributed by atoms with E-state index >= 15 is 0 Å². The second-order valence-electron chi connectivity index (χ2n) is 10.7. The number of halogens is 5. The number of hydrogen-bond donors (Lipinski definition) is 2. The van der Waals surface area contributed by atoms with Crippen molar-refractivity contribution in [1.82, 2.24) is 14.8 Å². The maximum absolute atomic E-state index is 14.9. The Hall–Kier alpha value is -4.86. The number of aromatic hydroxyl groups is 1. The number of nitrogens with zero attached hydrogens (tertiary/aromatic N) is 4. The average molecular weight is 620 g/mol. The molecule has 11 nitrogen and oxygen atoms in total. The molecule has 2 bridgehead atoms. The molecule has 2 amide bonds. The zero-order valence-corrected chi connectivity index (χ0v) is 22.5. The molecule has 3 atom stereocenters. The third kappa shape index (κ3) is 4.94. The molecule has 0 radical (unpaired) electrons. The van der Waals surface area contributed by atoms with E-state index in [2.05, 4.69) is 10.6 Å². The minimum absolute atomic E-state index is 0.0232. The predicted molar refractivity (Wildman–Crippen MR) is 141 cm³/mol. The Morgan fingerprint density at radius 1 is 1.02 bits per heavy atom. The van der Waals surface area contributed by atoms with Gasteiger partial charge in [-0.2, -0.15) is 0 Å². The van der Waals surface area contributed by atoms with Gasteiger partial charge in [-0.05, 0) is 25.3 Å². The number of hydrogen-bond acceptors (Lipinski definition) is 7. The van der Waals surface area contributed by atoms with Crippen molar-refractivity contribution in [3.05, 3.63) is 97.1 Å². The van der Waals surface area contributed by atoms with E-state index in [1.54, 1.807) is 0 Å². The van der Waals surface area contributed by atoms with Gasteiger partial charge in [0.15, 0.2) is 17.7 Å². The molecule has 2 aliphatic heterocycles. The summed E-state index contributed by atoms with van der Waals surface area (Å²) in [5.74, 6) is -9.21. The van der Waals surface area contributed by atoms with Crippen LogP contribution in [0.15, 0.2) is 40.5 Å². The van der Waals surface area contributed by atoms with Crippen molar-refractivity contribution in [3.63, 3.8) is 0 Å². The maximum Gasteiger partial charge on any atom is 0.276 e. The van der Waals surface area contributed by atoms with Crippen molar-refractivity contribution in [2.45, 2.75) is 57.3 Å². The van der Waals surface area contributed by atoms with Crippen LogP contribution in [0.25, 0.3) is 0 Å². The van der Waals surface area contributed by atoms with E-state index in [0.717, 1.165) is 12.6 Å². The van der Waals surface area contributed by atoms with E-state index in [1.807, 2.05) is 0 Å². The number of amides is 2. The van der Waals surface area contributed by atoms with Gasteiger partial charge in [-0.25, -0.2) is 27.0 Å². The molecule has 2 N–H and O–H groups in total. The van der Waals surface area contributed by atoms with Gasteiger partial charge >= 0.3 is 0 Å². The van der Waals surface area contributed by atoms with Gasteiger partial charge in [0.2, 0.25) is 5.43 Å². The number of rotatable bonds is 7. The van der Waals surface area contributed by atoms with Gasteiger partial charge < -0.3 is 24.6 Å². The minimum Gasteiger partial charge on any atom is -0.503 e. The van der Waals surface area contributed by atoms with Crippen molar-refractivity contribution in [1.29, 1.82) is 0 Å². The van der Waals surface area contributed by atoms with Gasteiger partial charge in [-0.1, -0.05) is 0 Å². The van der Waals surface area contributed by atoms with Crippen LogP contribution in [0, 0.1) is 34.0 Å². The number of pyridine rings is 1. The fourth-order valence-electron chi connectivity index (χ4n) is 6.00. The monoisotopic (exact) mass is 619 g/mol. The fourth-order valence-corrected chi connectivity index (χ4v) is 6.00. The van der Waals surface area contributed by atoms with Crippen molar-refractivity contribution >= 4 is 17.5 Å². The second-order valence-corrected chi connectivity index (χ2v) is 10.7. The van der Waals surface area contributed by atoms with Crippen LogP contribution >= 0.6 is 0 Å². The SMILES string of the molecule is O=NN(Cc1c(F)cc(F)cc1F)c1cc(F)cc(F)c1CNC(=O)c1cn2c(c(O)c1=O)C(=O)N1[C@H]3CC[C@H](C3)O[C@@H]1C2. The molecule has 1 aliphatic carbocycles. The van der Waals surface area contributed by atoms with Gasteiger partial charge in [-0.3, -0.25) is 14.4 Å². The summed E-state index contributed by atoms with van der Waals surface area (Å²) in [6, 6.07) is 1.63. The predicted octanol–water partition coefficient (Wildman–Crippen LogP) is 3.60. The number of nitroso groups, excluding NO2 is 1. The molecule has 2 fully saturated rings. The van der Waals surface area contributed by atoms with Crippen molar-refractivity contribution < 1.29 is 41.4 Å². The molecule has 16 heteroatoms. The van der Waals surface area contributed by atoms with Crippen LogP contribution in [-0.2, 0) is 24.4 Å². The molecule has 0 unspecified atom stereocenters. The lowest BCUT2D eigenvalue weighted by molar-refractivity contribution is -0.132. The van der Waals surface area contributed by atoms with Gasteiger partial charge in [0, 0.05) is 48.1 Å². The molecule has 6 rings (SSSR count). The maximum atomic E-state index is 14.9. The Bertz CT molecular complexity index is 1760. The topological polar surface area (TPSA) is 134 Å². The molecule has 0 spiro atoms. The van der Waals surface area contributed by atoms with E-state index in [4.69, 9.17) is 4.74 Å². The third-order valence-corrected chi connectivity index (χ3v) is 8.05. The molecule has 1 aromatic heterocycles. The normalized spacial score (nSPS) is 20.2. The van der Waals surface area contributed by atoms with Crippen LogP contribution in [-0.4, -0.2) is 44.8 Å². The summed E-state index contributed by atoms with van der Waals surface area (Å²) < 4.78 is 78.1. The highest BCUT2D eigenvalue weighted by molar-refractivity contribution is 5.99. The first kappa shape index (κ1) is 29.2. The molecule has 3 aromatic rings. The summed E-state index contributed by atoms with van der Waals surface area (Å²) in [4.78, 5) is 52.4. The van der Waals surface area contributed by atoms with Gasteiger partial charge in [0.1, 0.15) is 34.6 Å². The first-order chi connectivity index (χ1) is 21.0. The quantitative estimate of drug-likeness (QED) is 0.235. The van der Waals surface area contributed by atoms with Crippen LogP contribution in [0.3, 0.4) is 0 Å². The smallest absolute Gasteiger partial charge is 0.276 e. The highest BCUT2D eigenvalue weighted by Crippen LogP contribution is 2.39. The van der Waals surface area contributed by atoms with Crippen LogP contribution in [0.4, 0.5) is 27.6 Å². The van der Waals surface area contributed by atoms with Crippen LogP contribution in [0.5, 0.6) is 5.75 Å². The Kier molecular flexibility index (Phi) is 7.31. The zero-order chi connectivity index (χ0) is 31.4. The average Bonchev–Trinajstić information content (AvgIpc) is 3.33. The lowest BCUT2D eigenvalue weighted by Gasteiger charge is -2.44. The second kappa shape index (κ2) is 11.0. The number of ether oxygens (including phenoxy) is 1. The Morgan fingerprint density at radius 2 is 1.68 bits per heavy atom. The van der Waals surface area contributed by atoms with Crippen LogP contribution < -0.4 is 15.8 Å². The van der Waals surface area contributed by atoms with E-state index in [1.165, 1.54) is 9.47 Å². The van der Waals surface area contributed by atoms with E-state index < -0.39 is 93.8 Å². The lowest BCUT2D eigenvalue weighted by Crippen LogP contribution is -2.57. The highest BCUT2D eigenvalue weighted by atomic mass is 19.2. The van der Waals surface area contributed by atoms with Gasteiger partial charge in [-0.15, -0.1) is 4.91 Å². The first-order valence-corrected chi connectivity index (χ1v) is 13.4. The first-order valence-electron chi connectivity index (χ1n) is 13.4. The van der Waals surface area contributed by atoms with Crippen molar-refractivity contribution in [3.8, 4) is 5.75 Å². The molecule has 2 aromatic carbocycles. The highest BCUT2D eigenvalue weighted by Gasteiger charge is 2.47. The summed E-state index contributed by atoms with van der Waals surface area (Å²) >= 11 is 0. The van der Waals surface area contributed by atoms with E-state index in [0.29, 0.717) is 42.1 Å². The summed E-state index contributed by atoms with van der Waals surface area (Å²) in [7, 11) is 0. The van der Waals surface area contributed by atoms with E-state index in [-0.39, 0.29) is 24.4 Å². The lowest BCUT2D eigenvalue weighted by atomic mass is 10.1. The zero-order valence-electron chi connectivity index (χ0n) is 22.5. The number of nitrogens with one attached hydrogen (secondary N) is 1. The number of carbonyl (C=O) groups is 2. The minimum atomic E-state index is -1.39. The Labute approximate surface area is 244 Å². The largest absolute Gasteiger partial charge is 0.503 e. The number of fused-ring (bicyclic) bond motifs is 5. The molecule has 3 heterocycles. The number of aromatic nitrogens is 1. The molecule has 1 saturated heterocycles. The van der Waals surface area contributed by atoms with Crippen LogP contribution in [0.1, 0.15) is 51.2 Å². The Morgan fingerprint density at radius 3 is 2.36 bits per heavy atom. The molecule has 44 heavy (non-hydrogen) atoms. The summed E-state index contributed by atoms with van der Waals surface area (Å²) in [5.41, 5.74) is -4.11. The third-order valence-electron chi connectivity index (χ3n) is 8.05. The number of benzene rings is 2. The summed E-state index contributed by atoms with van der Waals surface area (Å²) in [6.45, 7) is -1.76. The van der Waals surface area contributed by atoms with Gasteiger partial charge in [0.05, 0.1) is 30.2 Å². The fraction of sp³-hybridized carbons (Fsp3) is 0.321. The molecular weight excluding hydrogens is 597 g/mol. The number of carbonyl (C=O) groups excluding carboxylic acids is 2. The van der Waals surface area contributed by atoms with Crippen molar-refractivity contribution in [2.24, 2.45) is 5.29 Å². The molecule has 3 aliphatic rings. The van der Waals surface area contributed by atoms with Crippen LogP contribution in [0.2, 0.25) is 0 Å². The van der Waals surface area contributed by atoms with E-state index in [9.17, 15) is 46.3 Å². The molecular formula is C28H22F5N5O6. The van der Waals surface area contributed by atoms with Gasteiger partial charge in [0.25, 0.3) is 11.8 Å². The number of anilines is 1. The van der Waals surface area contributed by atoms with Crippen molar-refractivity contribution in [2.75, 3.05) is 5.01 Å². The standard InChI is InChI=1S/C28H22F5N5O6/c29-12-3-20(32)17(21(33)4-12)10-37(35-43)22-6-13(30)5-19(31)16(22)8-34-27(41)18-9-36-11-23-38(14-1-2-15(7-14)44-23)28(42)24(36)26(40)25(18)39/h3-6,9,14-15,23,40H,1-2,7-8,10-11H2,(H,34,41)/t14-,15+,23+/m0/s1. The molecule has 230 valence electrons. The molecule has 1 saturated carbocycles. The Balaban J connectivity index is 1.28. The summed E-state index contributed by atoms with van der Waals surface area (Å²) in [5, 5.41) is 15.8.